The van der Waals surface area contributed by atoms with Crippen molar-refractivity contribution in [2.75, 3.05) is 5.32 Å². The zero-order chi connectivity index (χ0) is 12.5. The first-order valence-corrected chi connectivity index (χ1v) is 5.30. The summed E-state index contributed by atoms with van der Waals surface area (Å²) in [7, 11) is 0. The Balaban J connectivity index is 1.79. The van der Waals surface area contributed by atoms with Crippen molar-refractivity contribution in [3.05, 3.63) is 35.4 Å². The number of fused-ring (bicyclic) bond motifs is 1. The molecule has 0 bridgehead atoms. The standard InChI is InChI=1S/C10H9FN6O/c11-5-1-2-6-7(3-5)13-10(18)9(6)12-4-8-14-16-17-15-8/h1-3,9,12H,4H2,(H,13,18)(H,14,15,16,17). The van der Waals surface area contributed by atoms with Crippen LogP contribution in [0.25, 0.3) is 0 Å². The molecule has 1 unspecified atom stereocenters. The minimum absolute atomic E-state index is 0.223. The summed E-state index contributed by atoms with van der Waals surface area (Å²) in [5, 5.41) is 18.9. The van der Waals surface area contributed by atoms with E-state index in [-0.39, 0.29) is 11.7 Å². The van der Waals surface area contributed by atoms with Gasteiger partial charge in [-0.05, 0) is 12.1 Å². The van der Waals surface area contributed by atoms with Crippen molar-refractivity contribution in [3.63, 3.8) is 0 Å². The second-order valence-corrected chi connectivity index (χ2v) is 3.86. The van der Waals surface area contributed by atoms with E-state index in [4.69, 9.17) is 0 Å². The summed E-state index contributed by atoms with van der Waals surface area (Å²) >= 11 is 0. The Hall–Kier alpha value is -2.35. The van der Waals surface area contributed by atoms with E-state index in [1.807, 2.05) is 0 Å². The Kier molecular flexibility index (Phi) is 2.49. The van der Waals surface area contributed by atoms with Crippen LogP contribution in [0.2, 0.25) is 0 Å². The van der Waals surface area contributed by atoms with Crippen LogP contribution in [-0.4, -0.2) is 26.5 Å². The van der Waals surface area contributed by atoms with Crippen molar-refractivity contribution < 1.29 is 9.18 Å². The number of tetrazole rings is 1. The number of hydrogen-bond donors (Lipinski definition) is 3. The Morgan fingerprint density at radius 1 is 1.44 bits per heavy atom. The molecule has 0 fully saturated rings. The highest BCUT2D eigenvalue weighted by Gasteiger charge is 2.30. The molecule has 1 aliphatic rings. The molecular weight excluding hydrogens is 239 g/mol. The Morgan fingerprint density at radius 3 is 3.11 bits per heavy atom. The van der Waals surface area contributed by atoms with Gasteiger partial charge in [0, 0.05) is 11.3 Å². The number of carbonyl (C=O) groups excluding carboxylic acids is 1. The van der Waals surface area contributed by atoms with E-state index < -0.39 is 6.04 Å². The third-order valence-electron chi connectivity index (χ3n) is 2.70. The molecule has 92 valence electrons. The lowest BCUT2D eigenvalue weighted by Crippen LogP contribution is -2.27. The summed E-state index contributed by atoms with van der Waals surface area (Å²) in [6.07, 6.45) is 0. The summed E-state index contributed by atoms with van der Waals surface area (Å²) in [5.41, 5.74) is 1.20. The zero-order valence-corrected chi connectivity index (χ0v) is 9.14. The lowest BCUT2D eigenvalue weighted by atomic mass is 10.1. The number of amides is 1. The second-order valence-electron chi connectivity index (χ2n) is 3.86. The highest BCUT2D eigenvalue weighted by molar-refractivity contribution is 6.02. The average Bonchev–Trinajstić information content (AvgIpc) is 2.93. The lowest BCUT2D eigenvalue weighted by Gasteiger charge is -2.09. The van der Waals surface area contributed by atoms with E-state index in [1.54, 1.807) is 6.07 Å². The van der Waals surface area contributed by atoms with Crippen molar-refractivity contribution in [2.45, 2.75) is 12.6 Å². The van der Waals surface area contributed by atoms with Gasteiger partial charge in [0.1, 0.15) is 11.9 Å². The van der Waals surface area contributed by atoms with E-state index in [0.717, 1.165) is 0 Å². The Bertz CT molecular complexity index is 584. The topological polar surface area (TPSA) is 95.6 Å². The van der Waals surface area contributed by atoms with E-state index >= 15 is 0 Å². The molecule has 0 saturated heterocycles. The largest absolute Gasteiger partial charge is 0.324 e. The number of aromatic amines is 1. The van der Waals surface area contributed by atoms with Gasteiger partial charge in [-0.1, -0.05) is 11.3 Å². The molecule has 18 heavy (non-hydrogen) atoms. The van der Waals surface area contributed by atoms with Crippen molar-refractivity contribution in [2.24, 2.45) is 0 Å². The molecule has 8 heteroatoms. The van der Waals surface area contributed by atoms with Gasteiger partial charge in [-0.2, -0.15) is 5.21 Å². The molecule has 2 aromatic rings. The molecule has 0 saturated carbocycles. The van der Waals surface area contributed by atoms with Crippen LogP contribution in [0.1, 0.15) is 17.4 Å². The van der Waals surface area contributed by atoms with Gasteiger partial charge in [-0.3, -0.25) is 10.1 Å². The van der Waals surface area contributed by atoms with Crippen LogP contribution >= 0.6 is 0 Å². The first-order valence-electron chi connectivity index (χ1n) is 5.30. The Morgan fingerprint density at radius 2 is 2.33 bits per heavy atom. The van der Waals surface area contributed by atoms with Crippen LogP contribution in [0.3, 0.4) is 0 Å². The van der Waals surface area contributed by atoms with Gasteiger partial charge in [0.2, 0.25) is 5.91 Å². The van der Waals surface area contributed by atoms with Gasteiger partial charge < -0.3 is 5.32 Å². The molecule has 1 amide bonds. The van der Waals surface area contributed by atoms with Gasteiger partial charge in [0.15, 0.2) is 5.82 Å². The number of carbonyl (C=O) groups is 1. The maximum absolute atomic E-state index is 13.0. The van der Waals surface area contributed by atoms with Gasteiger partial charge in [-0.25, -0.2) is 4.39 Å². The van der Waals surface area contributed by atoms with Crippen LogP contribution in [0.5, 0.6) is 0 Å². The van der Waals surface area contributed by atoms with Crippen molar-refractivity contribution in [1.82, 2.24) is 25.9 Å². The third-order valence-corrected chi connectivity index (χ3v) is 2.70. The first-order chi connectivity index (χ1) is 8.74. The van der Waals surface area contributed by atoms with Gasteiger partial charge >= 0.3 is 0 Å². The van der Waals surface area contributed by atoms with Crippen LogP contribution in [0.4, 0.5) is 10.1 Å². The number of nitrogens with zero attached hydrogens (tertiary/aromatic N) is 3. The molecule has 3 N–H and O–H groups in total. The van der Waals surface area contributed by atoms with Crippen molar-refractivity contribution >= 4 is 11.6 Å². The maximum Gasteiger partial charge on any atom is 0.246 e. The summed E-state index contributed by atoms with van der Waals surface area (Å²) in [5.74, 6) is -0.148. The van der Waals surface area contributed by atoms with Crippen LogP contribution in [0.15, 0.2) is 18.2 Å². The number of aromatic nitrogens is 4. The summed E-state index contributed by atoms with van der Waals surface area (Å²) in [6.45, 7) is 0.297. The molecule has 2 heterocycles. The molecule has 1 aliphatic heterocycles. The predicted octanol–water partition coefficient (Wildman–Crippen LogP) is 0.122. The monoisotopic (exact) mass is 248 g/mol. The number of rotatable bonds is 3. The molecule has 3 rings (SSSR count). The van der Waals surface area contributed by atoms with Crippen LogP contribution < -0.4 is 10.6 Å². The summed E-state index contributed by atoms with van der Waals surface area (Å²) < 4.78 is 13.0. The van der Waals surface area contributed by atoms with Crippen molar-refractivity contribution in [3.8, 4) is 0 Å². The number of nitrogens with one attached hydrogen (secondary N) is 3. The SMILES string of the molecule is O=C1Nc2cc(F)ccc2C1NCc1nn[nH]n1. The highest BCUT2D eigenvalue weighted by atomic mass is 19.1. The molecule has 1 aromatic heterocycles. The fraction of sp³-hybridized carbons (Fsp3) is 0.200. The van der Waals surface area contributed by atoms with E-state index in [9.17, 15) is 9.18 Å². The molecule has 0 spiro atoms. The van der Waals surface area contributed by atoms with E-state index in [0.29, 0.717) is 23.6 Å². The van der Waals surface area contributed by atoms with Gasteiger partial charge in [0.05, 0.1) is 6.54 Å². The molecule has 0 radical (unpaired) electrons. The number of benzene rings is 1. The summed E-state index contributed by atoms with van der Waals surface area (Å²) in [6, 6.07) is 3.67. The van der Waals surface area contributed by atoms with Crippen molar-refractivity contribution in [1.29, 1.82) is 0 Å². The maximum atomic E-state index is 13.0. The minimum atomic E-state index is -0.529. The molecular formula is C10H9FN6O. The lowest BCUT2D eigenvalue weighted by molar-refractivity contribution is -0.117. The Labute approximate surface area is 101 Å². The molecule has 1 atom stereocenters. The minimum Gasteiger partial charge on any atom is -0.324 e. The number of hydrogen-bond acceptors (Lipinski definition) is 5. The number of halogens is 1. The van der Waals surface area contributed by atoms with Crippen LogP contribution in [0, 0.1) is 5.82 Å². The smallest absolute Gasteiger partial charge is 0.246 e. The number of anilines is 1. The van der Waals surface area contributed by atoms with Gasteiger partial charge in [0.25, 0.3) is 0 Å². The number of H-pyrrole nitrogens is 1. The predicted molar refractivity (Wildman–Crippen MR) is 58.8 cm³/mol. The molecule has 0 aliphatic carbocycles. The average molecular weight is 248 g/mol. The molecule has 7 nitrogen and oxygen atoms in total. The highest BCUT2D eigenvalue weighted by Crippen LogP contribution is 2.31. The van der Waals surface area contributed by atoms with E-state index in [1.165, 1.54) is 12.1 Å². The molecule has 1 aromatic carbocycles. The van der Waals surface area contributed by atoms with Gasteiger partial charge in [-0.15, -0.1) is 10.2 Å². The van der Waals surface area contributed by atoms with Crippen LogP contribution in [-0.2, 0) is 11.3 Å². The quantitative estimate of drug-likeness (QED) is 0.717. The first kappa shape index (κ1) is 10.8. The summed E-state index contributed by atoms with van der Waals surface area (Å²) in [4.78, 5) is 11.7. The second kappa shape index (κ2) is 4.15. The van der Waals surface area contributed by atoms with E-state index in [2.05, 4.69) is 31.3 Å². The fourth-order valence-electron chi connectivity index (χ4n) is 1.89. The normalized spacial score (nSPS) is 17.6. The third kappa shape index (κ3) is 1.82. The fourth-order valence-corrected chi connectivity index (χ4v) is 1.89. The zero-order valence-electron chi connectivity index (χ0n) is 9.14.